The van der Waals surface area contributed by atoms with Crippen LogP contribution in [0.15, 0.2) is 18.2 Å². The van der Waals surface area contributed by atoms with Gasteiger partial charge in [0, 0.05) is 24.3 Å². The summed E-state index contributed by atoms with van der Waals surface area (Å²) in [5.74, 6) is 1.18. The highest BCUT2D eigenvalue weighted by molar-refractivity contribution is 7.90. The van der Waals surface area contributed by atoms with Crippen LogP contribution < -0.4 is 14.8 Å². The van der Waals surface area contributed by atoms with E-state index in [1.807, 2.05) is 6.07 Å². The van der Waals surface area contributed by atoms with Crippen LogP contribution in [0, 0.1) is 5.92 Å². The lowest BCUT2D eigenvalue weighted by molar-refractivity contribution is 0.293. The minimum Gasteiger partial charge on any atom is -0.504 e. The number of anilines is 1. The molecule has 0 spiro atoms. The fraction of sp³-hybridized carbons (Fsp3) is 0.700. The van der Waals surface area contributed by atoms with Gasteiger partial charge in [-0.1, -0.05) is 13.3 Å². The molecule has 7 heteroatoms. The first kappa shape index (κ1) is 21.8. The van der Waals surface area contributed by atoms with Crippen molar-refractivity contribution in [3.8, 4) is 11.5 Å². The van der Waals surface area contributed by atoms with Crippen LogP contribution in [0.5, 0.6) is 11.5 Å². The molecule has 3 N–H and O–H groups in total. The van der Waals surface area contributed by atoms with Gasteiger partial charge >= 0.3 is 0 Å². The van der Waals surface area contributed by atoms with Gasteiger partial charge in [-0.05, 0) is 64.0 Å². The van der Waals surface area contributed by atoms with Gasteiger partial charge in [-0.15, -0.1) is 0 Å². The van der Waals surface area contributed by atoms with Crippen LogP contribution in [0.1, 0.15) is 59.3 Å². The molecule has 0 heterocycles. The van der Waals surface area contributed by atoms with E-state index in [9.17, 15) is 13.5 Å². The fourth-order valence-electron chi connectivity index (χ4n) is 3.19. The third kappa shape index (κ3) is 6.88. The minimum atomic E-state index is -3.19. The number of ether oxygens (including phenoxy) is 1. The number of benzene rings is 1. The van der Waals surface area contributed by atoms with Crippen molar-refractivity contribution in [1.29, 1.82) is 0 Å². The van der Waals surface area contributed by atoms with Gasteiger partial charge in [-0.3, -0.25) is 0 Å². The Balaban J connectivity index is 1.76. The zero-order valence-electron chi connectivity index (χ0n) is 16.7. The molecule has 6 nitrogen and oxygen atoms in total. The van der Waals surface area contributed by atoms with Crippen molar-refractivity contribution in [3.05, 3.63) is 18.2 Å². The van der Waals surface area contributed by atoms with E-state index >= 15 is 0 Å². The third-order valence-corrected chi connectivity index (χ3v) is 7.01. The van der Waals surface area contributed by atoms with Crippen LogP contribution in [0.2, 0.25) is 0 Å². The molecule has 0 aromatic heterocycles. The van der Waals surface area contributed by atoms with Crippen molar-refractivity contribution in [2.75, 3.05) is 18.5 Å². The Bertz CT molecular complexity index is 683. The van der Waals surface area contributed by atoms with Crippen molar-refractivity contribution in [3.63, 3.8) is 0 Å². The van der Waals surface area contributed by atoms with Crippen molar-refractivity contribution >= 4 is 15.7 Å². The molecule has 1 aliphatic carbocycles. The number of sulfonamides is 1. The second-order valence-electron chi connectivity index (χ2n) is 7.69. The van der Waals surface area contributed by atoms with Gasteiger partial charge in [0.2, 0.25) is 10.0 Å². The van der Waals surface area contributed by atoms with Gasteiger partial charge < -0.3 is 15.2 Å². The molecule has 27 heavy (non-hydrogen) atoms. The second kappa shape index (κ2) is 10.2. The number of phenols is 1. The molecule has 1 aliphatic rings. The van der Waals surface area contributed by atoms with Gasteiger partial charge in [0.25, 0.3) is 0 Å². The SMILES string of the molecule is CCCCOc1ccc(NCC2CCC(NS(=O)(=O)C(C)C)CC2)cc1O. The zero-order chi connectivity index (χ0) is 19.9. The van der Waals surface area contributed by atoms with Gasteiger partial charge in [0.05, 0.1) is 11.9 Å². The third-order valence-electron chi connectivity index (χ3n) is 5.11. The molecule has 1 aromatic rings. The van der Waals surface area contributed by atoms with Gasteiger partial charge in [-0.25, -0.2) is 13.1 Å². The summed E-state index contributed by atoms with van der Waals surface area (Å²) in [7, 11) is -3.19. The topological polar surface area (TPSA) is 87.7 Å². The summed E-state index contributed by atoms with van der Waals surface area (Å²) in [6, 6.07) is 5.47. The highest BCUT2D eigenvalue weighted by Crippen LogP contribution is 2.30. The smallest absolute Gasteiger partial charge is 0.214 e. The lowest BCUT2D eigenvalue weighted by Gasteiger charge is -2.29. The van der Waals surface area contributed by atoms with E-state index in [1.54, 1.807) is 26.0 Å². The lowest BCUT2D eigenvalue weighted by Crippen LogP contribution is -2.41. The molecule has 0 radical (unpaired) electrons. The van der Waals surface area contributed by atoms with Crippen LogP contribution >= 0.6 is 0 Å². The van der Waals surface area contributed by atoms with Crippen molar-refractivity contribution in [2.45, 2.75) is 70.6 Å². The zero-order valence-corrected chi connectivity index (χ0v) is 17.5. The Morgan fingerprint density at radius 3 is 2.52 bits per heavy atom. The quantitative estimate of drug-likeness (QED) is 0.521. The molecule has 1 saturated carbocycles. The standard InChI is InChI=1S/C20H34N2O4S/c1-4-5-12-26-20-11-10-18(13-19(20)23)21-14-16-6-8-17(9-7-16)22-27(24,25)15(2)3/h10-11,13,15-17,21-23H,4-9,12,14H2,1-3H3. The highest BCUT2D eigenvalue weighted by Gasteiger charge is 2.26. The number of nitrogens with one attached hydrogen (secondary N) is 2. The fourth-order valence-corrected chi connectivity index (χ4v) is 4.16. The van der Waals surface area contributed by atoms with E-state index in [1.165, 1.54) is 0 Å². The molecular formula is C20H34N2O4S. The van der Waals surface area contributed by atoms with E-state index in [-0.39, 0.29) is 11.8 Å². The Kier molecular flexibility index (Phi) is 8.23. The molecule has 0 bridgehead atoms. The molecule has 0 amide bonds. The van der Waals surface area contributed by atoms with Crippen LogP contribution in [-0.2, 0) is 10.0 Å². The molecule has 2 rings (SSSR count). The Morgan fingerprint density at radius 2 is 1.93 bits per heavy atom. The van der Waals surface area contributed by atoms with Gasteiger partial charge in [0.15, 0.2) is 11.5 Å². The minimum absolute atomic E-state index is 0.0530. The molecule has 1 aromatic carbocycles. The summed E-state index contributed by atoms with van der Waals surface area (Å²) in [6.07, 6.45) is 5.74. The van der Waals surface area contributed by atoms with Crippen molar-refractivity contribution in [2.24, 2.45) is 5.92 Å². The second-order valence-corrected chi connectivity index (χ2v) is 9.96. The number of hydrogen-bond acceptors (Lipinski definition) is 5. The van der Waals surface area contributed by atoms with Crippen molar-refractivity contribution in [1.82, 2.24) is 4.72 Å². The van der Waals surface area contributed by atoms with Gasteiger partial charge in [0.1, 0.15) is 0 Å². The summed E-state index contributed by atoms with van der Waals surface area (Å²) >= 11 is 0. The average molecular weight is 399 g/mol. The van der Waals surface area contributed by atoms with Crippen LogP contribution in [0.25, 0.3) is 0 Å². The van der Waals surface area contributed by atoms with Crippen molar-refractivity contribution < 1.29 is 18.3 Å². The number of rotatable bonds is 10. The molecule has 0 aliphatic heterocycles. The molecule has 154 valence electrons. The first-order valence-corrected chi connectivity index (χ1v) is 11.6. The number of phenolic OH excluding ortho intramolecular Hbond substituents is 1. The normalized spacial score (nSPS) is 20.6. The predicted octanol–water partition coefficient (Wildman–Crippen LogP) is 3.87. The summed E-state index contributed by atoms with van der Waals surface area (Å²) < 4.78 is 32.3. The number of hydrogen-bond donors (Lipinski definition) is 3. The maximum atomic E-state index is 12.0. The number of unbranched alkanes of at least 4 members (excludes halogenated alkanes) is 1. The van der Waals surface area contributed by atoms with Gasteiger partial charge in [-0.2, -0.15) is 0 Å². The monoisotopic (exact) mass is 398 g/mol. The highest BCUT2D eigenvalue weighted by atomic mass is 32.2. The first-order valence-electron chi connectivity index (χ1n) is 10.0. The number of aromatic hydroxyl groups is 1. The average Bonchev–Trinajstić information content (AvgIpc) is 2.62. The summed E-state index contributed by atoms with van der Waals surface area (Å²) in [6.45, 7) is 6.93. The van der Waals surface area contributed by atoms with Crippen LogP contribution in [-0.4, -0.2) is 38.0 Å². The Hall–Kier alpha value is -1.47. The summed E-state index contributed by atoms with van der Waals surface area (Å²) in [4.78, 5) is 0. The van der Waals surface area contributed by atoms with E-state index in [0.717, 1.165) is 50.8 Å². The van der Waals surface area contributed by atoms with E-state index in [4.69, 9.17) is 4.74 Å². The van der Waals surface area contributed by atoms with E-state index < -0.39 is 15.3 Å². The predicted molar refractivity (Wildman–Crippen MR) is 110 cm³/mol. The molecular weight excluding hydrogens is 364 g/mol. The van der Waals surface area contributed by atoms with E-state index in [0.29, 0.717) is 18.3 Å². The summed E-state index contributed by atoms with van der Waals surface area (Å²) in [5.41, 5.74) is 0.873. The first-order chi connectivity index (χ1) is 12.8. The molecule has 1 fully saturated rings. The van der Waals surface area contributed by atoms with Crippen LogP contribution in [0.4, 0.5) is 5.69 Å². The summed E-state index contributed by atoms with van der Waals surface area (Å²) in [5, 5.41) is 13.1. The molecule has 0 unspecified atom stereocenters. The lowest BCUT2D eigenvalue weighted by atomic mass is 9.86. The van der Waals surface area contributed by atoms with Crippen LogP contribution in [0.3, 0.4) is 0 Å². The maximum absolute atomic E-state index is 12.0. The maximum Gasteiger partial charge on any atom is 0.214 e. The Morgan fingerprint density at radius 1 is 1.22 bits per heavy atom. The van der Waals surface area contributed by atoms with E-state index in [2.05, 4.69) is 17.0 Å². The Labute approximate surface area is 163 Å². The molecule has 0 atom stereocenters. The largest absolute Gasteiger partial charge is 0.504 e. The molecule has 0 saturated heterocycles.